The number of oxazole rings is 1. The maximum absolute atomic E-state index is 12.7. The third-order valence-corrected chi connectivity index (χ3v) is 4.01. The second-order valence-corrected chi connectivity index (χ2v) is 6.19. The molecule has 0 spiro atoms. The molecule has 1 atom stereocenters. The van der Waals surface area contributed by atoms with Crippen molar-refractivity contribution in [2.75, 3.05) is 0 Å². The molecule has 1 aliphatic heterocycles. The van der Waals surface area contributed by atoms with E-state index < -0.39 is 12.1 Å². The van der Waals surface area contributed by atoms with Crippen LogP contribution in [-0.2, 0) is 0 Å². The van der Waals surface area contributed by atoms with E-state index in [-0.39, 0.29) is 11.7 Å². The van der Waals surface area contributed by atoms with Gasteiger partial charge in [-0.1, -0.05) is 25.6 Å². The number of ether oxygens (including phenoxy) is 1. The molecule has 29 heavy (non-hydrogen) atoms. The highest BCUT2D eigenvalue weighted by Crippen LogP contribution is 2.30. The fourth-order valence-electron chi connectivity index (χ4n) is 2.39. The minimum absolute atomic E-state index is 0.200. The van der Waals surface area contributed by atoms with E-state index in [1.54, 1.807) is 36.7 Å². The average molecular weight is 398 g/mol. The van der Waals surface area contributed by atoms with Crippen LogP contribution in [0.4, 0.5) is 13.2 Å². The lowest BCUT2D eigenvalue weighted by Crippen LogP contribution is -2.17. The summed E-state index contributed by atoms with van der Waals surface area (Å²) in [6.45, 7) is 4.71. The van der Waals surface area contributed by atoms with Gasteiger partial charge in [0, 0.05) is 18.2 Å². The first kappa shape index (κ1) is 20.2. The molecule has 1 aromatic heterocycles. The first-order chi connectivity index (χ1) is 13.9. The van der Waals surface area contributed by atoms with Crippen molar-refractivity contribution in [2.24, 2.45) is 10.9 Å². The topological polar surface area (TPSA) is 47.6 Å². The van der Waals surface area contributed by atoms with Crippen molar-refractivity contribution < 1.29 is 22.3 Å². The molecule has 4 nitrogen and oxygen atoms in total. The summed E-state index contributed by atoms with van der Waals surface area (Å²) >= 11 is 0. The van der Waals surface area contributed by atoms with E-state index in [4.69, 9.17) is 9.15 Å². The van der Waals surface area contributed by atoms with Gasteiger partial charge < -0.3 is 9.15 Å². The fourth-order valence-corrected chi connectivity index (χ4v) is 2.39. The lowest BCUT2D eigenvalue weighted by atomic mass is 10.1. The van der Waals surface area contributed by atoms with Gasteiger partial charge in [-0.2, -0.15) is 13.2 Å². The minimum atomic E-state index is -4.32. The van der Waals surface area contributed by atoms with Gasteiger partial charge in [-0.3, -0.25) is 4.99 Å². The van der Waals surface area contributed by atoms with Gasteiger partial charge in [0.2, 0.25) is 5.89 Å². The molecular formula is C22H17F3N2O2. The summed E-state index contributed by atoms with van der Waals surface area (Å²) in [6.07, 6.45) is 4.55. The Balaban J connectivity index is 1.81. The smallest absolute Gasteiger partial charge is 0.394 e. The molecule has 0 aliphatic carbocycles. The molecule has 2 aromatic rings. The van der Waals surface area contributed by atoms with Crippen molar-refractivity contribution in [1.82, 2.24) is 4.98 Å². The largest absolute Gasteiger partial charge is 0.451 e. The van der Waals surface area contributed by atoms with Crippen LogP contribution in [0.5, 0.6) is 5.75 Å². The predicted octanol–water partition coefficient (Wildman–Crippen LogP) is 5.91. The van der Waals surface area contributed by atoms with Crippen LogP contribution in [-0.4, -0.2) is 17.4 Å². The second kappa shape index (κ2) is 8.65. The zero-order valence-electron chi connectivity index (χ0n) is 15.5. The molecule has 1 aliphatic rings. The fraction of sp³-hybridized carbons (Fsp3) is 0.182. The summed E-state index contributed by atoms with van der Waals surface area (Å²) < 4.78 is 49.7. The van der Waals surface area contributed by atoms with Gasteiger partial charge in [0.1, 0.15) is 11.5 Å². The molecule has 0 saturated carbocycles. The van der Waals surface area contributed by atoms with Gasteiger partial charge in [0.15, 0.2) is 11.5 Å². The molecular weight excluding hydrogens is 381 g/mol. The van der Waals surface area contributed by atoms with Gasteiger partial charge in [-0.25, -0.2) is 4.98 Å². The van der Waals surface area contributed by atoms with E-state index in [0.717, 1.165) is 13.0 Å². The van der Waals surface area contributed by atoms with Crippen molar-refractivity contribution in [1.29, 1.82) is 0 Å². The van der Waals surface area contributed by atoms with Gasteiger partial charge in [-0.15, -0.1) is 0 Å². The van der Waals surface area contributed by atoms with E-state index in [2.05, 4.69) is 28.7 Å². The van der Waals surface area contributed by atoms with Crippen molar-refractivity contribution >= 4 is 23.9 Å². The number of allylic oxidation sites excluding steroid dienone is 3. The third-order valence-electron chi connectivity index (χ3n) is 4.01. The van der Waals surface area contributed by atoms with E-state index in [9.17, 15) is 13.2 Å². The van der Waals surface area contributed by atoms with E-state index in [1.807, 2.05) is 0 Å². The van der Waals surface area contributed by atoms with E-state index >= 15 is 0 Å². The number of hydrogen-bond donors (Lipinski definition) is 0. The monoisotopic (exact) mass is 398 g/mol. The Labute approximate surface area is 166 Å². The van der Waals surface area contributed by atoms with E-state index in [0.29, 0.717) is 29.2 Å². The van der Waals surface area contributed by atoms with Crippen LogP contribution in [0.25, 0.3) is 17.7 Å². The normalized spacial score (nSPS) is 15.3. The summed E-state index contributed by atoms with van der Waals surface area (Å²) in [7, 11) is 0. The number of aromatic nitrogens is 1. The quantitative estimate of drug-likeness (QED) is 0.608. The molecule has 1 aromatic carbocycles. The second-order valence-electron chi connectivity index (χ2n) is 6.19. The first-order valence-corrected chi connectivity index (χ1v) is 8.73. The Hall–Kier alpha value is -3.53. The summed E-state index contributed by atoms with van der Waals surface area (Å²) in [5.41, 5.74) is 1.01. The molecule has 3 rings (SSSR count). The maximum atomic E-state index is 12.7. The highest BCUT2D eigenvalue weighted by Gasteiger charge is 2.34. The number of halogens is 3. The SMILES string of the molecule is C=Cc1nc(C2=CC=NC=C(Oc3c#cccc3)C2)oc1/C=C\C(C)C(F)(F)F. The number of hydrogen-bond acceptors (Lipinski definition) is 4. The Morgan fingerprint density at radius 1 is 1.38 bits per heavy atom. The molecule has 0 bridgehead atoms. The summed E-state index contributed by atoms with van der Waals surface area (Å²) in [5.74, 6) is -0.141. The van der Waals surface area contributed by atoms with Crippen LogP contribution >= 0.6 is 0 Å². The minimum Gasteiger partial charge on any atom is -0.451 e. The van der Waals surface area contributed by atoms with Crippen molar-refractivity contribution in [3.63, 3.8) is 0 Å². The van der Waals surface area contributed by atoms with Crippen LogP contribution in [0.15, 0.2) is 58.3 Å². The predicted molar refractivity (Wildman–Crippen MR) is 105 cm³/mol. The Bertz CT molecular complexity index is 983. The van der Waals surface area contributed by atoms with Gasteiger partial charge in [-0.05, 0) is 42.5 Å². The van der Waals surface area contributed by atoms with Crippen LogP contribution in [0.2, 0.25) is 0 Å². The number of alkyl halides is 3. The van der Waals surface area contributed by atoms with Crippen LogP contribution in [0.3, 0.4) is 0 Å². The Morgan fingerprint density at radius 2 is 2.21 bits per heavy atom. The number of nitrogens with zero attached hydrogens (tertiary/aromatic N) is 2. The van der Waals surface area contributed by atoms with Gasteiger partial charge in [0.05, 0.1) is 12.1 Å². The maximum Gasteiger partial charge on any atom is 0.394 e. The zero-order valence-corrected chi connectivity index (χ0v) is 15.5. The molecule has 1 unspecified atom stereocenters. The molecule has 0 amide bonds. The molecule has 0 fully saturated rings. The van der Waals surface area contributed by atoms with Gasteiger partial charge >= 0.3 is 6.18 Å². The summed E-state index contributed by atoms with van der Waals surface area (Å²) in [6, 6.07) is 10.9. The third kappa shape index (κ3) is 5.26. The summed E-state index contributed by atoms with van der Waals surface area (Å²) in [4.78, 5) is 8.45. The van der Waals surface area contributed by atoms with Gasteiger partial charge in [0.25, 0.3) is 0 Å². The first-order valence-electron chi connectivity index (χ1n) is 8.73. The average Bonchev–Trinajstić information content (AvgIpc) is 2.97. The number of rotatable bonds is 6. The van der Waals surface area contributed by atoms with Crippen molar-refractivity contribution in [3.05, 3.63) is 78.4 Å². The van der Waals surface area contributed by atoms with Crippen LogP contribution in [0.1, 0.15) is 30.7 Å². The molecule has 7 heteroatoms. The standard InChI is InChI=1S/C22H17F3N2O2/c1-3-19-20(10-9-15(2)22(23,24)25)29-21(27-19)16-11-12-26-14-18(13-16)28-17-7-5-4-6-8-17/h3-5,7,9-12,14-15H,1,13H2,2H3/b10-9-. The highest BCUT2D eigenvalue weighted by atomic mass is 19.4. The van der Waals surface area contributed by atoms with Crippen LogP contribution in [0, 0.1) is 18.1 Å². The lowest BCUT2D eigenvalue weighted by molar-refractivity contribution is -0.156. The van der Waals surface area contributed by atoms with Crippen molar-refractivity contribution in [3.8, 4) is 5.75 Å². The molecule has 2 heterocycles. The molecule has 0 N–H and O–H groups in total. The Kier molecular flexibility index (Phi) is 6.03. The number of aliphatic imine (C=N–C) groups is 1. The van der Waals surface area contributed by atoms with Crippen LogP contribution < -0.4 is 4.74 Å². The van der Waals surface area contributed by atoms with E-state index in [1.165, 1.54) is 12.2 Å². The summed E-state index contributed by atoms with van der Waals surface area (Å²) in [5, 5.41) is 0. The molecule has 148 valence electrons. The molecule has 0 radical (unpaired) electrons. The lowest BCUT2D eigenvalue weighted by Gasteiger charge is -2.10. The Morgan fingerprint density at radius 3 is 2.90 bits per heavy atom. The highest BCUT2D eigenvalue weighted by molar-refractivity contribution is 5.84. The molecule has 0 saturated heterocycles. The zero-order chi connectivity index (χ0) is 20.9. The van der Waals surface area contributed by atoms with Crippen molar-refractivity contribution in [2.45, 2.75) is 19.5 Å².